The second kappa shape index (κ2) is 9.66. The average Bonchev–Trinajstić information content (AvgIpc) is 2.70. The number of hydrogen-bond donors (Lipinski definition) is 3. The van der Waals surface area contributed by atoms with E-state index in [9.17, 15) is 15.3 Å². The zero-order valence-electron chi connectivity index (χ0n) is 18.9. The Hall–Kier alpha value is -2.07. The van der Waals surface area contributed by atoms with Crippen LogP contribution in [0.5, 0.6) is 17.2 Å². The molecule has 33 heavy (non-hydrogen) atoms. The van der Waals surface area contributed by atoms with Gasteiger partial charge in [-0.1, -0.05) is 36.4 Å². The van der Waals surface area contributed by atoms with Crippen LogP contribution in [0, 0.1) is 0 Å². The van der Waals surface area contributed by atoms with Gasteiger partial charge in [0.05, 0.1) is 10.8 Å². The Morgan fingerprint density at radius 3 is 1.21 bits per heavy atom. The van der Waals surface area contributed by atoms with E-state index in [0.717, 1.165) is 16.7 Å². The fourth-order valence-corrected chi connectivity index (χ4v) is 6.34. The molecule has 0 bridgehead atoms. The van der Waals surface area contributed by atoms with Crippen LogP contribution in [0.3, 0.4) is 0 Å². The van der Waals surface area contributed by atoms with E-state index in [1.807, 2.05) is 57.2 Å². The molecule has 2 unspecified atom stereocenters. The van der Waals surface area contributed by atoms with E-state index < -0.39 is 20.5 Å². The van der Waals surface area contributed by atoms with Crippen molar-refractivity contribution in [3.63, 3.8) is 0 Å². The topological polar surface area (TPSA) is 60.7 Å². The SMILES string of the molecule is CC(C)(Cl)CC(C)(Cl)CC(Cl)C(c1ccc(O)cc1)(c1ccc(O)cc1)c1ccc(O)cc1. The van der Waals surface area contributed by atoms with E-state index in [1.54, 1.807) is 36.4 Å². The van der Waals surface area contributed by atoms with Gasteiger partial charge in [0.25, 0.3) is 0 Å². The Bertz CT molecular complexity index is 943. The number of halogens is 3. The van der Waals surface area contributed by atoms with Crippen LogP contribution in [0.25, 0.3) is 0 Å². The summed E-state index contributed by atoms with van der Waals surface area (Å²) < 4.78 is 0. The molecule has 6 heteroatoms. The number of aromatic hydroxyl groups is 3. The lowest BCUT2D eigenvalue weighted by molar-refractivity contribution is 0.418. The molecular weight excluding hydrogens is 479 g/mol. The molecule has 0 aliphatic carbocycles. The second-order valence-electron chi connectivity index (χ2n) is 9.43. The number of phenolic OH excluding ortho intramolecular Hbond substituents is 3. The molecule has 0 amide bonds. The van der Waals surface area contributed by atoms with Gasteiger partial charge in [0.1, 0.15) is 17.2 Å². The first-order valence-electron chi connectivity index (χ1n) is 10.7. The smallest absolute Gasteiger partial charge is 0.115 e. The maximum Gasteiger partial charge on any atom is 0.115 e. The summed E-state index contributed by atoms with van der Waals surface area (Å²) >= 11 is 20.8. The number of rotatable bonds is 8. The van der Waals surface area contributed by atoms with Gasteiger partial charge in [-0.25, -0.2) is 0 Å². The summed E-state index contributed by atoms with van der Waals surface area (Å²) in [5.41, 5.74) is 1.63. The average molecular weight is 508 g/mol. The first-order valence-corrected chi connectivity index (χ1v) is 11.9. The summed E-state index contributed by atoms with van der Waals surface area (Å²) in [6.07, 6.45) is 0.942. The van der Waals surface area contributed by atoms with Crippen molar-refractivity contribution < 1.29 is 15.3 Å². The zero-order chi connectivity index (χ0) is 24.4. The normalized spacial score (nSPS) is 15.1. The maximum atomic E-state index is 9.95. The van der Waals surface area contributed by atoms with Crippen LogP contribution in [0.2, 0.25) is 0 Å². The Labute approximate surface area is 210 Å². The molecule has 0 fully saturated rings. The van der Waals surface area contributed by atoms with Crippen LogP contribution in [0.1, 0.15) is 50.3 Å². The van der Waals surface area contributed by atoms with Crippen molar-refractivity contribution in [2.45, 2.75) is 54.2 Å². The fourth-order valence-electron chi connectivity index (χ4n) is 4.69. The number of alkyl halides is 3. The van der Waals surface area contributed by atoms with E-state index in [2.05, 4.69) is 0 Å². The minimum atomic E-state index is -0.900. The van der Waals surface area contributed by atoms with E-state index in [-0.39, 0.29) is 17.2 Å². The third-order valence-corrected chi connectivity index (χ3v) is 6.73. The number of phenols is 3. The van der Waals surface area contributed by atoms with Crippen molar-refractivity contribution in [1.82, 2.24) is 0 Å². The molecule has 3 N–H and O–H groups in total. The molecule has 0 aliphatic heterocycles. The molecule has 0 spiro atoms. The molecule has 3 rings (SSSR count). The maximum absolute atomic E-state index is 9.95. The van der Waals surface area contributed by atoms with Gasteiger partial charge in [0.15, 0.2) is 0 Å². The first kappa shape index (κ1) is 25.6. The van der Waals surface area contributed by atoms with Crippen molar-refractivity contribution in [1.29, 1.82) is 0 Å². The van der Waals surface area contributed by atoms with Crippen LogP contribution in [-0.2, 0) is 5.41 Å². The van der Waals surface area contributed by atoms with Gasteiger partial charge in [-0.2, -0.15) is 0 Å². The summed E-state index contributed by atoms with van der Waals surface area (Å²) in [5.74, 6) is 0.420. The quantitative estimate of drug-likeness (QED) is 0.218. The Kier molecular flexibility index (Phi) is 7.48. The fraction of sp³-hybridized carbons (Fsp3) is 0.333. The molecule has 0 saturated heterocycles. The molecule has 0 radical (unpaired) electrons. The van der Waals surface area contributed by atoms with Crippen molar-refractivity contribution in [2.75, 3.05) is 0 Å². The van der Waals surface area contributed by atoms with Crippen LogP contribution in [0.4, 0.5) is 0 Å². The summed E-state index contributed by atoms with van der Waals surface area (Å²) in [7, 11) is 0. The molecule has 0 aromatic heterocycles. The van der Waals surface area contributed by atoms with Gasteiger partial charge in [0.2, 0.25) is 0 Å². The van der Waals surface area contributed by atoms with E-state index in [1.165, 1.54) is 0 Å². The summed E-state index contributed by atoms with van der Waals surface area (Å²) in [5, 5.41) is 29.3. The lowest BCUT2D eigenvalue weighted by atomic mass is 9.65. The number of benzene rings is 3. The molecule has 2 atom stereocenters. The van der Waals surface area contributed by atoms with Crippen LogP contribution < -0.4 is 0 Å². The van der Waals surface area contributed by atoms with Crippen molar-refractivity contribution in [3.8, 4) is 17.2 Å². The van der Waals surface area contributed by atoms with Crippen molar-refractivity contribution in [2.24, 2.45) is 0 Å². The van der Waals surface area contributed by atoms with Gasteiger partial charge >= 0.3 is 0 Å². The van der Waals surface area contributed by atoms with E-state index >= 15 is 0 Å². The van der Waals surface area contributed by atoms with Crippen LogP contribution >= 0.6 is 34.8 Å². The predicted molar refractivity (Wildman–Crippen MR) is 137 cm³/mol. The number of hydrogen-bond acceptors (Lipinski definition) is 3. The summed E-state index contributed by atoms with van der Waals surface area (Å²) in [6, 6.07) is 20.7. The highest BCUT2D eigenvalue weighted by Gasteiger charge is 2.46. The van der Waals surface area contributed by atoms with Gasteiger partial charge in [0, 0.05) is 9.75 Å². The minimum Gasteiger partial charge on any atom is -0.508 e. The Morgan fingerprint density at radius 2 is 0.939 bits per heavy atom. The minimum absolute atomic E-state index is 0.140. The molecular formula is C27H29Cl3O3. The van der Waals surface area contributed by atoms with Gasteiger partial charge < -0.3 is 15.3 Å². The third-order valence-electron chi connectivity index (χ3n) is 5.83. The lowest BCUT2D eigenvalue weighted by Crippen LogP contribution is -2.43. The third kappa shape index (κ3) is 5.90. The standard InChI is InChI=1S/C27H29Cl3O3/c1-25(2,29)17-26(3,30)16-24(28)27(18-4-10-21(31)11-5-18,19-6-12-22(32)13-7-19)20-8-14-23(33)15-9-20/h4-15,24,31-33H,16-17H2,1-3H3. The highest BCUT2D eigenvalue weighted by atomic mass is 35.5. The van der Waals surface area contributed by atoms with Crippen LogP contribution in [-0.4, -0.2) is 30.4 Å². The summed E-state index contributed by atoms with van der Waals surface area (Å²) in [6.45, 7) is 5.78. The molecule has 0 aliphatic rings. The predicted octanol–water partition coefficient (Wildman–Crippen LogP) is 7.54. The molecule has 3 nitrogen and oxygen atoms in total. The van der Waals surface area contributed by atoms with Crippen molar-refractivity contribution in [3.05, 3.63) is 89.5 Å². The molecule has 3 aromatic rings. The van der Waals surface area contributed by atoms with Gasteiger partial charge in [-0.05, 0) is 86.7 Å². The highest BCUT2D eigenvalue weighted by Crippen LogP contribution is 2.49. The van der Waals surface area contributed by atoms with Gasteiger partial charge in [-0.15, -0.1) is 34.8 Å². The highest BCUT2D eigenvalue weighted by molar-refractivity contribution is 6.28. The Balaban J connectivity index is 2.27. The van der Waals surface area contributed by atoms with E-state index in [0.29, 0.717) is 12.8 Å². The largest absolute Gasteiger partial charge is 0.508 e. The monoisotopic (exact) mass is 506 g/mol. The lowest BCUT2D eigenvalue weighted by Gasteiger charge is -2.43. The second-order valence-corrected chi connectivity index (χ2v) is 11.9. The van der Waals surface area contributed by atoms with Gasteiger partial charge in [-0.3, -0.25) is 0 Å². The Morgan fingerprint density at radius 1 is 0.636 bits per heavy atom. The van der Waals surface area contributed by atoms with Crippen molar-refractivity contribution >= 4 is 34.8 Å². The molecule has 3 aromatic carbocycles. The first-order chi connectivity index (χ1) is 15.3. The molecule has 176 valence electrons. The molecule has 0 saturated carbocycles. The van der Waals surface area contributed by atoms with E-state index in [4.69, 9.17) is 34.8 Å². The summed E-state index contributed by atoms with van der Waals surface area (Å²) in [4.78, 5) is -1.21. The molecule has 0 heterocycles. The zero-order valence-corrected chi connectivity index (χ0v) is 21.2. The van der Waals surface area contributed by atoms with Crippen LogP contribution in [0.15, 0.2) is 72.8 Å².